The van der Waals surface area contributed by atoms with Gasteiger partial charge in [0.15, 0.2) is 11.5 Å². The number of pyridine rings is 1. The number of hydrogen-bond donors (Lipinski definition) is 2. The lowest BCUT2D eigenvalue weighted by atomic mass is 10.1. The fourth-order valence-corrected chi connectivity index (χ4v) is 2.78. The lowest BCUT2D eigenvalue weighted by Gasteiger charge is -2.18. The fourth-order valence-electron chi connectivity index (χ4n) is 2.78. The molecule has 1 aromatic carbocycles. The van der Waals surface area contributed by atoms with Crippen molar-refractivity contribution in [1.29, 1.82) is 0 Å². The molecule has 0 spiro atoms. The van der Waals surface area contributed by atoms with E-state index >= 15 is 0 Å². The Morgan fingerprint density at radius 1 is 1.17 bits per heavy atom. The first kappa shape index (κ1) is 14.1. The van der Waals surface area contributed by atoms with E-state index in [0.717, 1.165) is 23.7 Å². The lowest BCUT2D eigenvalue weighted by molar-refractivity contribution is -0.122. The van der Waals surface area contributed by atoms with Crippen LogP contribution in [0.2, 0.25) is 0 Å². The molecule has 1 aliphatic carbocycles. The van der Waals surface area contributed by atoms with Crippen LogP contribution in [0.4, 0.5) is 0 Å². The lowest BCUT2D eigenvalue weighted by Crippen LogP contribution is -2.28. The molecule has 0 unspecified atom stereocenters. The number of fused-ring (bicyclic) bond motifs is 2. The third-order valence-corrected chi connectivity index (χ3v) is 4.23. The Hall–Kier alpha value is -2.50. The number of aromatic nitrogens is 1. The number of amides is 1. The summed E-state index contributed by atoms with van der Waals surface area (Å²) in [5.74, 6) is 1.64. The SMILES string of the molecule is O=C(NCCc1cc2cc3c(cc2[nH]c1=O)OCCO3)C1CC1. The third-order valence-electron chi connectivity index (χ3n) is 4.23. The Kier molecular flexibility index (Phi) is 3.44. The first-order chi connectivity index (χ1) is 11.2. The monoisotopic (exact) mass is 314 g/mol. The first-order valence-electron chi connectivity index (χ1n) is 7.94. The van der Waals surface area contributed by atoms with Gasteiger partial charge in [-0.2, -0.15) is 0 Å². The van der Waals surface area contributed by atoms with Crippen molar-refractivity contribution in [3.63, 3.8) is 0 Å². The molecule has 6 nitrogen and oxygen atoms in total. The number of benzene rings is 1. The quantitative estimate of drug-likeness (QED) is 0.893. The molecule has 0 saturated heterocycles. The minimum absolute atomic E-state index is 0.0989. The van der Waals surface area contributed by atoms with Crippen molar-refractivity contribution < 1.29 is 14.3 Å². The molecule has 1 aromatic heterocycles. The van der Waals surface area contributed by atoms with Crippen LogP contribution in [-0.4, -0.2) is 30.6 Å². The molecule has 2 heterocycles. The molecule has 2 aliphatic rings. The Morgan fingerprint density at radius 3 is 2.65 bits per heavy atom. The van der Waals surface area contributed by atoms with Crippen molar-refractivity contribution in [2.45, 2.75) is 19.3 Å². The molecular weight excluding hydrogens is 296 g/mol. The predicted octanol–water partition coefficient (Wildman–Crippen LogP) is 1.37. The molecule has 1 fully saturated rings. The zero-order valence-corrected chi connectivity index (χ0v) is 12.7. The molecule has 4 rings (SSSR count). The maximum Gasteiger partial charge on any atom is 0.251 e. The highest BCUT2D eigenvalue weighted by atomic mass is 16.6. The average Bonchev–Trinajstić information content (AvgIpc) is 3.38. The number of carbonyl (C=O) groups is 1. The molecule has 1 saturated carbocycles. The maximum atomic E-state index is 12.2. The molecule has 0 atom stereocenters. The van der Waals surface area contributed by atoms with Gasteiger partial charge in [0.2, 0.25) is 5.91 Å². The molecule has 2 aromatic rings. The van der Waals surface area contributed by atoms with Crippen LogP contribution in [0.5, 0.6) is 11.5 Å². The second kappa shape index (κ2) is 5.61. The van der Waals surface area contributed by atoms with E-state index in [1.807, 2.05) is 12.1 Å². The van der Waals surface area contributed by atoms with Crippen molar-refractivity contribution in [3.8, 4) is 11.5 Å². The minimum atomic E-state index is -0.130. The van der Waals surface area contributed by atoms with Gasteiger partial charge in [0.05, 0.1) is 5.52 Å². The summed E-state index contributed by atoms with van der Waals surface area (Å²) >= 11 is 0. The van der Waals surface area contributed by atoms with E-state index in [2.05, 4.69) is 10.3 Å². The summed E-state index contributed by atoms with van der Waals surface area (Å²) in [5.41, 5.74) is 1.25. The van der Waals surface area contributed by atoms with Gasteiger partial charge < -0.3 is 19.8 Å². The van der Waals surface area contributed by atoms with Crippen molar-refractivity contribution >= 4 is 16.8 Å². The van der Waals surface area contributed by atoms with Gasteiger partial charge in [-0.1, -0.05) is 0 Å². The zero-order valence-electron chi connectivity index (χ0n) is 12.7. The van der Waals surface area contributed by atoms with E-state index in [1.165, 1.54) is 0 Å². The summed E-state index contributed by atoms with van der Waals surface area (Å²) in [5, 5.41) is 3.78. The van der Waals surface area contributed by atoms with Gasteiger partial charge in [0.25, 0.3) is 5.56 Å². The largest absolute Gasteiger partial charge is 0.486 e. The smallest absolute Gasteiger partial charge is 0.251 e. The van der Waals surface area contributed by atoms with E-state index < -0.39 is 0 Å². The van der Waals surface area contributed by atoms with Gasteiger partial charge in [0.1, 0.15) is 13.2 Å². The van der Waals surface area contributed by atoms with Crippen molar-refractivity contribution in [3.05, 3.63) is 34.1 Å². The van der Waals surface area contributed by atoms with Crippen LogP contribution in [0.3, 0.4) is 0 Å². The number of rotatable bonds is 4. The molecule has 0 radical (unpaired) electrons. The summed E-state index contributed by atoms with van der Waals surface area (Å²) in [7, 11) is 0. The minimum Gasteiger partial charge on any atom is -0.486 e. The normalized spacial score (nSPS) is 16.3. The molecular formula is C17H18N2O4. The highest BCUT2D eigenvalue weighted by Crippen LogP contribution is 2.33. The summed E-state index contributed by atoms with van der Waals surface area (Å²) < 4.78 is 11.1. The van der Waals surface area contributed by atoms with Gasteiger partial charge >= 0.3 is 0 Å². The number of ether oxygens (including phenoxy) is 2. The average molecular weight is 314 g/mol. The number of nitrogens with one attached hydrogen (secondary N) is 2. The summed E-state index contributed by atoms with van der Waals surface area (Å²) in [6.45, 7) is 1.53. The summed E-state index contributed by atoms with van der Waals surface area (Å²) in [4.78, 5) is 26.7. The van der Waals surface area contributed by atoms with Gasteiger partial charge in [-0.05, 0) is 31.4 Å². The van der Waals surface area contributed by atoms with E-state index in [1.54, 1.807) is 6.07 Å². The second-order valence-electron chi connectivity index (χ2n) is 6.02. The standard InChI is InChI=1S/C17H18N2O4/c20-16(10-1-2-10)18-4-3-11-7-12-8-14-15(23-6-5-22-14)9-13(12)19-17(11)21/h7-10H,1-6H2,(H,18,20)(H,19,21). The Bertz CT molecular complexity index is 823. The predicted molar refractivity (Wildman–Crippen MR) is 85.0 cm³/mol. The van der Waals surface area contributed by atoms with Crippen molar-refractivity contribution in [2.75, 3.05) is 19.8 Å². The number of carbonyl (C=O) groups excluding carboxylic acids is 1. The van der Waals surface area contributed by atoms with E-state index in [0.29, 0.717) is 43.2 Å². The maximum absolute atomic E-state index is 12.2. The van der Waals surface area contributed by atoms with Gasteiger partial charge in [-0.25, -0.2) is 0 Å². The van der Waals surface area contributed by atoms with Crippen molar-refractivity contribution in [1.82, 2.24) is 10.3 Å². The van der Waals surface area contributed by atoms with E-state index in [9.17, 15) is 9.59 Å². The third kappa shape index (κ3) is 2.88. The van der Waals surface area contributed by atoms with Crippen LogP contribution in [-0.2, 0) is 11.2 Å². The molecule has 0 bridgehead atoms. The summed E-state index contributed by atoms with van der Waals surface area (Å²) in [6.07, 6.45) is 2.48. The first-order valence-corrected chi connectivity index (χ1v) is 7.94. The van der Waals surface area contributed by atoms with Crippen LogP contribution in [0.15, 0.2) is 23.0 Å². The van der Waals surface area contributed by atoms with Crippen LogP contribution in [0, 0.1) is 5.92 Å². The molecule has 1 aliphatic heterocycles. The Balaban J connectivity index is 1.55. The zero-order chi connectivity index (χ0) is 15.8. The molecule has 2 N–H and O–H groups in total. The molecule has 23 heavy (non-hydrogen) atoms. The highest BCUT2D eigenvalue weighted by Gasteiger charge is 2.29. The van der Waals surface area contributed by atoms with Crippen LogP contribution < -0.4 is 20.3 Å². The second-order valence-corrected chi connectivity index (χ2v) is 6.02. The highest BCUT2D eigenvalue weighted by molar-refractivity contribution is 5.83. The summed E-state index contributed by atoms with van der Waals surface area (Å²) in [6, 6.07) is 5.53. The topological polar surface area (TPSA) is 80.4 Å². The van der Waals surface area contributed by atoms with Crippen molar-refractivity contribution in [2.24, 2.45) is 5.92 Å². The van der Waals surface area contributed by atoms with E-state index in [4.69, 9.17) is 9.47 Å². The fraction of sp³-hybridized carbons (Fsp3) is 0.412. The van der Waals surface area contributed by atoms with E-state index in [-0.39, 0.29) is 17.4 Å². The van der Waals surface area contributed by atoms with Gasteiger partial charge in [0, 0.05) is 29.5 Å². The molecule has 120 valence electrons. The number of H-pyrrole nitrogens is 1. The Labute approximate surface area is 132 Å². The van der Waals surface area contributed by atoms with Crippen LogP contribution in [0.1, 0.15) is 18.4 Å². The molecule has 6 heteroatoms. The van der Waals surface area contributed by atoms with Gasteiger partial charge in [-0.15, -0.1) is 0 Å². The Morgan fingerprint density at radius 2 is 1.91 bits per heavy atom. The number of hydrogen-bond acceptors (Lipinski definition) is 4. The molecule has 1 amide bonds. The van der Waals surface area contributed by atoms with Gasteiger partial charge in [-0.3, -0.25) is 9.59 Å². The number of aromatic amines is 1. The van der Waals surface area contributed by atoms with Crippen LogP contribution >= 0.6 is 0 Å². The van der Waals surface area contributed by atoms with Crippen LogP contribution in [0.25, 0.3) is 10.9 Å².